The Balaban J connectivity index is 2.08. The lowest BCUT2D eigenvalue weighted by Crippen LogP contribution is -2.22. The summed E-state index contributed by atoms with van der Waals surface area (Å²) in [6.07, 6.45) is 3.92. The highest BCUT2D eigenvalue weighted by Crippen LogP contribution is 2.27. The van der Waals surface area contributed by atoms with Crippen molar-refractivity contribution in [1.29, 1.82) is 0 Å². The average molecular weight is 352 g/mol. The number of hydrogen-bond acceptors (Lipinski definition) is 2. The standard InChI is InChI=1S/C11H13Br2FN2/c12-3-1-8-2-4-16(7-8)11-10(14)5-9(13)6-15-11/h5-6,8H,1-4,7H2. The smallest absolute Gasteiger partial charge is 0.166 e. The molecular weight excluding hydrogens is 339 g/mol. The molecule has 0 aromatic carbocycles. The van der Waals surface area contributed by atoms with E-state index >= 15 is 0 Å². The van der Waals surface area contributed by atoms with Crippen LogP contribution in [0.5, 0.6) is 0 Å². The second-order valence-electron chi connectivity index (χ2n) is 4.04. The Kier molecular flexibility index (Phi) is 4.19. The summed E-state index contributed by atoms with van der Waals surface area (Å²) in [6, 6.07) is 1.47. The van der Waals surface area contributed by atoms with Crippen molar-refractivity contribution in [2.24, 2.45) is 5.92 Å². The molecule has 0 aliphatic carbocycles. The first-order valence-electron chi connectivity index (χ1n) is 5.32. The fourth-order valence-electron chi connectivity index (χ4n) is 2.06. The summed E-state index contributed by atoms with van der Waals surface area (Å²) in [4.78, 5) is 6.18. The highest BCUT2D eigenvalue weighted by atomic mass is 79.9. The van der Waals surface area contributed by atoms with Gasteiger partial charge in [-0.25, -0.2) is 9.37 Å². The van der Waals surface area contributed by atoms with E-state index in [0.717, 1.165) is 31.3 Å². The van der Waals surface area contributed by atoms with Crippen molar-refractivity contribution in [3.8, 4) is 0 Å². The number of aromatic nitrogens is 1. The lowest BCUT2D eigenvalue weighted by molar-refractivity contribution is 0.572. The number of alkyl halides is 1. The Labute approximate surface area is 111 Å². The van der Waals surface area contributed by atoms with Gasteiger partial charge in [0, 0.05) is 29.1 Å². The maximum atomic E-state index is 13.7. The Morgan fingerprint density at radius 2 is 2.38 bits per heavy atom. The maximum Gasteiger partial charge on any atom is 0.166 e. The van der Waals surface area contributed by atoms with Gasteiger partial charge >= 0.3 is 0 Å². The van der Waals surface area contributed by atoms with Gasteiger partial charge in [0.1, 0.15) is 0 Å². The van der Waals surface area contributed by atoms with Gasteiger partial charge < -0.3 is 4.90 Å². The van der Waals surface area contributed by atoms with Gasteiger partial charge in [-0.1, -0.05) is 15.9 Å². The van der Waals surface area contributed by atoms with E-state index in [9.17, 15) is 4.39 Å². The van der Waals surface area contributed by atoms with Crippen molar-refractivity contribution >= 4 is 37.7 Å². The van der Waals surface area contributed by atoms with E-state index < -0.39 is 0 Å². The van der Waals surface area contributed by atoms with Crippen molar-refractivity contribution in [3.05, 3.63) is 22.6 Å². The third-order valence-electron chi connectivity index (χ3n) is 2.89. The van der Waals surface area contributed by atoms with Crippen molar-refractivity contribution in [1.82, 2.24) is 4.98 Å². The van der Waals surface area contributed by atoms with Gasteiger partial charge in [0.2, 0.25) is 0 Å². The Hall–Kier alpha value is -0.160. The molecule has 1 aliphatic rings. The van der Waals surface area contributed by atoms with Gasteiger partial charge in [-0.3, -0.25) is 0 Å². The number of hydrogen-bond donors (Lipinski definition) is 0. The zero-order chi connectivity index (χ0) is 11.5. The average Bonchev–Trinajstić information content (AvgIpc) is 2.67. The fourth-order valence-corrected chi connectivity index (χ4v) is 3.01. The zero-order valence-electron chi connectivity index (χ0n) is 8.80. The van der Waals surface area contributed by atoms with Crippen LogP contribution >= 0.6 is 31.9 Å². The SMILES string of the molecule is Fc1cc(Br)cnc1N1CCC(CCBr)C1. The fraction of sp³-hybridized carbons (Fsp3) is 0.545. The normalized spacial score (nSPS) is 20.4. The number of halogens is 3. The molecule has 1 aromatic heterocycles. The molecule has 0 N–H and O–H groups in total. The Morgan fingerprint density at radius 1 is 1.56 bits per heavy atom. The molecule has 1 aliphatic heterocycles. The van der Waals surface area contributed by atoms with E-state index in [0.29, 0.717) is 16.2 Å². The molecule has 0 saturated carbocycles. The highest BCUT2D eigenvalue weighted by molar-refractivity contribution is 9.10. The number of rotatable bonds is 3. The molecule has 2 heterocycles. The van der Waals surface area contributed by atoms with Crippen LogP contribution in [0.25, 0.3) is 0 Å². The van der Waals surface area contributed by atoms with Crippen LogP contribution in [0.2, 0.25) is 0 Å². The lowest BCUT2D eigenvalue weighted by Gasteiger charge is -2.17. The highest BCUT2D eigenvalue weighted by Gasteiger charge is 2.24. The third-order valence-corrected chi connectivity index (χ3v) is 3.78. The quantitative estimate of drug-likeness (QED) is 0.773. The molecule has 0 amide bonds. The topological polar surface area (TPSA) is 16.1 Å². The van der Waals surface area contributed by atoms with E-state index in [1.54, 1.807) is 6.20 Å². The Bertz CT molecular complexity index is 373. The summed E-state index contributed by atoms with van der Waals surface area (Å²) >= 11 is 6.66. The zero-order valence-corrected chi connectivity index (χ0v) is 12.0. The molecule has 1 aromatic rings. The van der Waals surface area contributed by atoms with Crippen LogP contribution in [0.15, 0.2) is 16.7 Å². The van der Waals surface area contributed by atoms with Gasteiger partial charge in [-0.05, 0) is 40.8 Å². The van der Waals surface area contributed by atoms with E-state index in [4.69, 9.17) is 0 Å². The van der Waals surface area contributed by atoms with Crippen molar-refractivity contribution in [2.75, 3.05) is 23.3 Å². The van der Waals surface area contributed by atoms with Crippen LogP contribution in [0, 0.1) is 11.7 Å². The second-order valence-corrected chi connectivity index (χ2v) is 5.75. The van der Waals surface area contributed by atoms with Crippen LogP contribution in [0.3, 0.4) is 0 Å². The molecule has 0 bridgehead atoms. The summed E-state index contributed by atoms with van der Waals surface area (Å²) in [7, 11) is 0. The van der Waals surface area contributed by atoms with Crippen LogP contribution in [-0.2, 0) is 0 Å². The molecule has 2 nitrogen and oxygen atoms in total. The van der Waals surface area contributed by atoms with Gasteiger partial charge in [0.05, 0.1) is 0 Å². The van der Waals surface area contributed by atoms with Crippen LogP contribution in [0.1, 0.15) is 12.8 Å². The predicted octanol–water partition coefficient (Wildman–Crippen LogP) is 3.59. The lowest BCUT2D eigenvalue weighted by atomic mass is 10.1. The number of pyridine rings is 1. The molecule has 1 fully saturated rings. The van der Waals surface area contributed by atoms with E-state index in [1.807, 2.05) is 4.90 Å². The van der Waals surface area contributed by atoms with Crippen LogP contribution < -0.4 is 4.90 Å². The number of nitrogens with zero attached hydrogens (tertiary/aromatic N) is 2. The molecule has 88 valence electrons. The predicted molar refractivity (Wildman–Crippen MR) is 70.6 cm³/mol. The minimum atomic E-state index is -0.242. The van der Waals surface area contributed by atoms with Crippen molar-refractivity contribution in [3.63, 3.8) is 0 Å². The summed E-state index contributed by atoms with van der Waals surface area (Å²) in [5.41, 5.74) is 0. The first-order chi connectivity index (χ1) is 7.70. The molecule has 1 unspecified atom stereocenters. The first-order valence-corrected chi connectivity index (χ1v) is 7.24. The summed E-state index contributed by atoms with van der Waals surface area (Å²) in [5, 5.41) is 1.02. The van der Waals surface area contributed by atoms with Crippen LogP contribution in [0.4, 0.5) is 10.2 Å². The van der Waals surface area contributed by atoms with Crippen molar-refractivity contribution in [2.45, 2.75) is 12.8 Å². The largest absolute Gasteiger partial charge is 0.354 e. The number of anilines is 1. The summed E-state index contributed by atoms with van der Waals surface area (Å²) < 4.78 is 14.4. The van der Waals surface area contributed by atoms with Crippen LogP contribution in [-0.4, -0.2) is 23.4 Å². The molecule has 2 rings (SSSR count). The second kappa shape index (κ2) is 5.45. The summed E-state index contributed by atoms with van der Waals surface area (Å²) in [5.74, 6) is 0.901. The molecule has 0 radical (unpaired) electrons. The molecule has 16 heavy (non-hydrogen) atoms. The van der Waals surface area contributed by atoms with Gasteiger partial charge in [-0.2, -0.15) is 0 Å². The van der Waals surface area contributed by atoms with Gasteiger partial charge in [0.15, 0.2) is 11.6 Å². The van der Waals surface area contributed by atoms with Gasteiger partial charge in [-0.15, -0.1) is 0 Å². The monoisotopic (exact) mass is 350 g/mol. The van der Waals surface area contributed by atoms with E-state index in [-0.39, 0.29) is 5.82 Å². The minimum absolute atomic E-state index is 0.242. The molecular formula is C11H13Br2FN2. The third kappa shape index (κ3) is 2.74. The van der Waals surface area contributed by atoms with Gasteiger partial charge in [0.25, 0.3) is 0 Å². The first kappa shape index (κ1) is 12.3. The van der Waals surface area contributed by atoms with E-state index in [2.05, 4.69) is 36.8 Å². The van der Waals surface area contributed by atoms with E-state index in [1.165, 1.54) is 6.07 Å². The summed E-state index contributed by atoms with van der Waals surface area (Å²) in [6.45, 7) is 1.82. The molecule has 5 heteroatoms. The molecule has 1 atom stereocenters. The Morgan fingerprint density at radius 3 is 3.06 bits per heavy atom. The van der Waals surface area contributed by atoms with Crippen molar-refractivity contribution < 1.29 is 4.39 Å². The molecule has 1 saturated heterocycles. The minimum Gasteiger partial charge on any atom is -0.354 e. The molecule has 0 spiro atoms. The maximum absolute atomic E-state index is 13.7.